The third kappa shape index (κ3) is 7.50. The zero-order valence-corrected chi connectivity index (χ0v) is 19.7. The van der Waals surface area contributed by atoms with Gasteiger partial charge in [0.1, 0.15) is 5.75 Å². The summed E-state index contributed by atoms with van der Waals surface area (Å²) in [7, 11) is 1.62. The fourth-order valence-electron chi connectivity index (χ4n) is 3.14. The first-order valence-corrected chi connectivity index (χ1v) is 11.2. The number of hydrogen-bond acceptors (Lipinski definition) is 4. The number of amides is 1. The largest absolute Gasteiger partial charge is 0.493 e. The molecule has 0 aromatic heterocycles. The number of nitrogens with one attached hydrogen (secondary N) is 1. The van der Waals surface area contributed by atoms with E-state index in [1.807, 2.05) is 36.4 Å². The summed E-state index contributed by atoms with van der Waals surface area (Å²) in [5.41, 5.74) is 2.07. The van der Waals surface area contributed by atoms with Crippen molar-refractivity contribution in [3.8, 4) is 17.2 Å². The van der Waals surface area contributed by atoms with Gasteiger partial charge >= 0.3 is 0 Å². The molecule has 2 unspecified atom stereocenters. The van der Waals surface area contributed by atoms with Crippen molar-refractivity contribution in [2.24, 2.45) is 5.92 Å². The van der Waals surface area contributed by atoms with Crippen LogP contribution in [0.2, 0.25) is 0 Å². The molecule has 0 heterocycles. The highest BCUT2D eigenvalue weighted by atomic mass is 16.5. The van der Waals surface area contributed by atoms with Gasteiger partial charge in [0.2, 0.25) is 0 Å². The highest BCUT2D eigenvalue weighted by Gasteiger charge is 2.18. The standard InChI is InChI=1S/C26H37NO4/c1-7-19(4)22-10-8-9-11-23(22)31-20(5)26(28)27-17-21-12-13-24(25(16-21)29-6)30-15-14-18(2)3/h8-13,16,18-20H,7,14-15,17H2,1-6H3,(H,27,28). The third-order valence-corrected chi connectivity index (χ3v) is 5.38. The summed E-state index contributed by atoms with van der Waals surface area (Å²) in [4.78, 5) is 12.6. The lowest BCUT2D eigenvalue weighted by Crippen LogP contribution is -2.36. The molecule has 1 N–H and O–H groups in total. The molecule has 0 fully saturated rings. The average Bonchev–Trinajstić information content (AvgIpc) is 2.77. The molecule has 0 spiro atoms. The summed E-state index contributed by atoms with van der Waals surface area (Å²) in [6.07, 6.45) is 1.41. The Labute approximate surface area is 187 Å². The van der Waals surface area contributed by atoms with Crippen LogP contribution in [0.3, 0.4) is 0 Å². The maximum Gasteiger partial charge on any atom is 0.261 e. The summed E-state index contributed by atoms with van der Waals surface area (Å²) >= 11 is 0. The molecule has 0 aliphatic carbocycles. The fourth-order valence-corrected chi connectivity index (χ4v) is 3.14. The predicted molar refractivity (Wildman–Crippen MR) is 125 cm³/mol. The molecule has 5 heteroatoms. The molecule has 2 aromatic carbocycles. The smallest absolute Gasteiger partial charge is 0.261 e. The first-order valence-electron chi connectivity index (χ1n) is 11.2. The Morgan fingerprint density at radius 3 is 2.42 bits per heavy atom. The van der Waals surface area contributed by atoms with Crippen molar-refractivity contribution < 1.29 is 19.0 Å². The zero-order valence-electron chi connectivity index (χ0n) is 19.7. The van der Waals surface area contributed by atoms with Gasteiger partial charge in [-0.2, -0.15) is 0 Å². The van der Waals surface area contributed by atoms with Gasteiger partial charge in [-0.15, -0.1) is 0 Å². The summed E-state index contributed by atoms with van der Waals surface area (Å²) in [5, 5.41) is 2.95. The van der Waals surface area contributed by atoms with Crippen molar-refractivity contribution in [2.45, 2.75) is 66.0 Å². The summed E-state index contributed by atoms with van der Waals surface area (Å²) < 4.78 is 17.3. The van der Waals surface area contributed by atoms with Gasteiger partial charge in [0.25, 0.3) is 5.91 Å². The Balaban J connectivity index is 1.94. The second kappa shape index (κ2) is 12.2. The molecule has 2 rings (SSSR count). The topological polar surface area (TPSA) is 56.8 Å². The third-order valence-electron chi connectivity index (χ3n) is 5.38. The summed E-state index contributed by atoms with van der Waals surface area (Å²) in [6.45, 7) is 11.5. The monoisotopic (exact) mass is 427 g/mol. The summed E-state index contributed by atoms with van der Waals surface area (Å²) in [6, 6.07) is 13.7. The van der Waals surface area contributed by atoms with E-state index < -0.39 is 6.10 Å². The minimum Gasteiger partial charge on any atom is -0.493 e. The van der Waals surface area contributed by atoms with E-state index in [4.69, 9.17) is 14.2 Å². The van der Waals surface area contributed by atoms with E-state index in [1.54, 1.807) is 14.0 Å². The number of methoxy groups -OCH3 is 1. The van der Waals surface area contributed by atoms with E-state index >= 15 is 0 Å². The van der Waals surface area contributed by atoms with Gasteiger partial charge in [0.15, 0.2) is 17.6 Å². The highest BCUT2D eigenvalue weighted by Crippen LogP contribution is 2.30. The van der Waals surface area contributed by atoms with Crippen LogP contribution in [0, 0.1) is 5.92 Å². The van der Waals surface area contributed by atoms with Gasteiger partial charge in [-0.3, -0.25) is 4.79 Å². The second-order valence-corrected chi connectivity index (χ2v) is 8.34. The van der Waals surface area contributed by atoms with E-state index in [9.17, 15) is 4.79 Å². The molecule has 0 saturated carbocycles. The Kier molecular flexibility index (Phi) is 9.70. The van der Waals surface area contributed by atoms with E-state index in [0.717, 1.165) is 35.5 Å². The Morgan fingerprint density at radius 2 is 1.74 bits per heavy atom. The minimum atomic E-state index is -0.592. The van der Waals surface area contributed by atoms with E-state index in [-0.39, 0.29) is 5.91 Å². The van der Waals surface area contributed by atoms with Crippen LogP contribution >= 0.6 is 0 Å². The number of carbonyl (C=O) groups excluding carboxylic acids is 1. The van der Waals surface area contributed by atoms with Gasteiger partial charge in [-0.25, -0.2) is 0 Å². The molecule has 0 aliphatic rings. The predicted octanol–water partition coefficient (Wildman–Crippen LogP) is 5.72. The second-order valence-electron chi connectivity index (χ2n) is 8.34. The lowest BCUT2D eigenvalue weighted by molar-refractivity contribution is -0.127. The Bertz CT molecular complexity index is 834. The van der Waals surface area contributed by atoms with Gasteiger partial charge in [0, 0.05) is 6.54 Å². The van der Waals surface area contributed by atoms with Gasteiger partial charge in [-0.05, 0) is 60.9 Å². The van der Waals surface area contributed by atoms with Crippen molar-refractivity contribution in [2.75, 3.05) is 13.7 Å². The maximum absolute atomic E-state index is 12.6. The number of para-hydroxylation sites is 1. The molecule has 170 valence electrons. The van der Waals surface area contributed by atoms with E-state index in [2.05, 4.69) is 39.1 Å². The Morgan fingerprint density at radius 1 is 1.00 bits per heavy atom. The van der Waals surface area contributed by atoms with Gasteiger partial charge in [-0.1, -0.05) is 52.0 Å². The number of hydrogen-bond donors (Lipinski definition) is 1. The number of benzene rings is 2. The molecule has 1 amide bonds. The van der Waals surface area contributed by atoms with Crippen LogP contribution in [-0.2, 0) is 11.3 Å². The van der Waals surface area contributed by atoms with Crippen molar-refractivity contribution in [3.63, 3.8) is 0 Å². The van der Waals surface area contributed by atoms with Crippen molar-refractivity contribution in [1.29, 1.82) is 0 Å². The van der Waals surface area contributed by atoms with Crippen molar-refractivity contribution in [1.82, 2.24) is 5.32 Å². The zero-order chi connectivity index (χ0) is 22.8. The van der Waals surface area contributed by atoms with Crippen LogP contribution in [-0.4, -0.2) is 25.7 Å². The van der Waals surface area contributed by atoms with E-state index in [0.29, 0.717) is 30.7 Å². The lowest BCUT2D eigenvalue weighted by atomic mass is 9.98. The maximum atomic E-state index is 12.6. The number of ether oxygens (including phenoxy) is 3. The van der Waals surface area contributed by atoms with Crippen molar-refractivity contribution >= 4 is 5.91 Å². The quantitative estimate of drug-likeness (QED) is 0.471. The van der Waals surface area contributed by atoms with Crippen LogP contribution in [0.25, 0.3) is 0 Å². The normalized spacial score (nSPS) is 12.9. The van der Waals surface area contributed by atoms with Crippen LogP contribution < -0.4 is 19.5 Å². The first kappa shape index (κ1) is 24.6. The van der Waals surface area contributed by atoms with Crippen LogP contribution in [0.4, 0.5) is 0 Å². The molecule has 0 saturated heterocycles. The van der Waals surface area contributed by atoms with E-state index in [1.165, 1.54) is 0 Å². The Hall–Kier alpha value is -2.69. The highest BCUT2D eigenvalue weighted by molar-refractivity contribution is 5.80. The molecular weight excluding hydrogens is 390 g/mol. The molecule has 2 aromatic rings. The van der Waals surface area contributed by atoms with Crippen LogP contribution in [0.15, 0.2) is 42.5 Å². The number of rotatable bonds is 12. The van der Waals surface area contributed by atoms with Crippen LogP contribution in [0.5, 0.6) is 17.2 Å². The SMILES string of the molecule is CCC(C)c1ccccc1OC(C)C(=O)NCc1ccc(OCCC(C)C)c(OC)c1. The fraction of sp³-hybridized carbons (Fsp3) is 0.500. The first-order chi connectivity index (χ1) is 14.8. The molecule has 5 nitrogen and oxygen atoms in total. The van der Waals surface area contributed by atoms with Crippen LogP contribution in [0.1, 0.15) is 64.5 Å². The molecule has 2 atom stereocenters. The molecule has 0 aliphatic heterocycles. The summed E-state index contributed by atoms with van der Waals surface area (Å²) in [5.74, 6) is 2.96. The lowest BCUT2D eigenvalue weighted by Gasteiger charge is -2.20. The number of carbonyl (C=O) groups is 1. The molecule has 31 heavy (non-hydrogen) atoms. The van der Waals surface area contributed by atoms with Gasteiger partial charge < -0.3 is 19.5 Å². The average molecular weight is 428 g/mol. The molecular formula is C26H37NO4. The minimum absolute atomic E-state index is 0.157. The van der Waals surface area contributed by atoms with Crippen molar-refractivity contribution in [3.05, 3.63) is 53.6 Å². The molecule has 0 radical (unpaired) electrons. The molecule has 0 bridgehead atoms. The van der Waals surface area contributed by atoms with Gasteiger partial charge in [0.05, 0.1) is 13.7 Å².